The molecule has 3 aromatic rings. The van der Waals surface area contributed by atoms with Crippen LogP contribution >= 0.6 is 0 Å². The summed E-state index contributed by atoms with van der Waals surface area (Å²) in [5.74, 6) is -3.80. The molecule has 148 valence electrons. The van der Waals surface area contributed by atoms with Gasteiger partial charge in [0.1, 0.15) is 17.1 Å². The third-order valence-electron chi connectivity index (χ3n) is 4.89. The van der Waals surface area contributed by atoms with Gasteiger partial charge in [0.15, 0.2) is 23.0 Å². The van der Waals surface area contributed by atoms with Crippen molar-refractivity contribution in [2.75, 3.05) is 0 Å². The molecule has 8 heteroatoms. The minimum Gasteiger partial charge on any atom is -0.507 e. The lowest BCUT2D eigenvalue weighted by Crippen LogP contribution is -2.01. The molecule has 0 saturated heterocycles. The quantitative estimate of drug-likeness (QED) is 0.269. The number of nitrogens with zero attached hydrogens (tertiary/aromatic N) is 1. The van der Waals surface area contributed by atoms with Crippen LogP contribution in [0.4, 0.5) is 0 Å². The second-order valence-corrected chi connectivity index (χ2v) is 6.60. The van der Waals surface area contributed by atoms with Gasteiger partial charge in [0, 0.05) is 11.1 Å². The van der Waals surface area contributed by atoms with Gasteiger partial charge in [-0.1, -0.05) is 18.6 Å². The van der Waals surface area contributed by atoms with E-state index in [1.165, 1.54) is 19.1 Å². The molecule has 0 unspecified atom stereocenters. The highest BCUT2D eigenvalue weighted by Gasteiger charge is 2.31. The van der Waals surface area contributed by atoms with Crippen molar-refractivity contribution in [3.63, 3.8) is 0 Å². The Bertz CT molecular complexity index is 1100. The van der Waals surface area contributed by atoms with Crippen LogP contribution in [0.2, 0.25) is 0 Å². The summed E-state index contributed by atoms with van der Waals surface area (Å²) in [6.45, 7) is 4.99. The van der Waals surface area contributed by atoms with Crippen molar-refractivity contribution < 1.29 is 35.8 Å². The van der Waals surface area contributed by atoms with Crippen molar-refractivity contribution in [3.8, 4) is 57.0 Å². The summed E-state index contributed by atoms with van der Waals surface area (Å²) >= 11 is 0. The van der Waals surface area contributed by atoms with E-state index >= 15 is 0 Å². The SMILES string of the molecule is CCc1c(C)c(-c2c(O)c(O)c(-c3cc(C)ccc3O)n2O)c(O)c(O)c1O. The first kappa shape index (κ1) is 19.1. The maximum absolute atomic E-state index is 10.7. The summed E-state index contributed by atoms with van der Waals surface area (Å²) in [6.07, 6.45) is 0.295. The molecule has 0 aliphatic carbocycles. The van der Waals surface area contributed by atoms with E-state index in [1.807, 2.05) is 0 Å². The number of benzene rings is 2. The molecular formula is C20H21NO7. The summed E-state index contributed by atoms with van der Waals surface area (Å²) < 4.78 is 0.428. The minimum absolute atomic E-state index is 0.0532. The smallest absolute Gasteiger partial charge is 0.201 e. The molecule has 0 aliphatic rings. The number of phenolic OH excluding ortho intramolecular Hbond substituents is 4. The maximum atomic E-state index is 10.7. The van der Waals surface area contributed by atoms with Gasteiger partial charge < -0.3 is 35.8 Å². The second kappa shape index (κ2) is 6.49. The molecule has 2 aromatic carbocycles. The number of aromatic hydroxyl groups is 6. The Morgan fingerprint density at radius 2 is 1.39 bits per heavy atom. The fourth-order valence-corrected chi connectivity index (χ4v) is 3.44. The number of hydrogen-bond acceptors (Lipinski definition) is 7. The van der Waals surface area contributed by atoms with E-state index in [0.717, 1.165) is 5.56 Å². The summed E-state index contributed by atoms with van der Waals surface area (Å²) in [6, 6.07) is 4.50. The Labute approximate surface area is 160 Å². The fourth-order valence-electron chi connectivity index (χ4n) is 3.44. The van der Waals surface area contributed by atoms with E-state index < -0.39 is 34.4 Å². The van der Waals surface area contributed by atoms with Gasteiger partial charge in [-0.05, 0) is 38.0 Å². The normalized spacial score (nSPS) is 11.1. The molecule has 0 aliphatic heterocycles. The van der Waals surface area contributed by atoms with E-state index in [1.54, 1.807) is 19.9 Å². The standard InChI is InChI=1S/C20H21NO7/c1-4-10-9(3)13(17(24)20(27)16(10)23)15-19(26)18(25)14(21(15)28)11-7-8(2)5-6-12(11)22/h5-7,22-28H,4H2,1-3H3. The zero-order valence-electron chi connectivity index (χ0n) is 15.5. The van der Waals surface area contributed by atoms with Crippen LogP contribution in [-0.2, 0) is 6.42 Å². The highest BCUT2D eigenvalue weighted by atomic mass is 16.5. The topological polar surface area (TPSA) is 147 Å². The number of aryl methyl sites for hydroxylation is 1. The van der Waals surface area contributed by atoms with Gasteiger partial charge in [-0.25, -0.2) is 0 Å². The van der Waals surface area contributed by atoms with Gasteiger partial charge in [-0.3, -0.25) is 0 Å². The van der Waals surface area contributed by atoms with Crippen LogP contribution in [0.5, 0.6) is 34.5 Å². The van der Waals surface area contributed by atoms with E-state index in [2.05, 4.69) is 0 Å². The molecule has 0 amide bonds. The number of aromatic nitrogens is 1. The van der Waals surface area contributed by atoms with Crippen molar-refractivity contribution in [3.05, 3.63) is 34.9 Å². The average molecular weight is 387 g/mol. The number of phenols is 4. The van der Waals surface area contributed by atoms with Crippen LogP contribution < -0.4 is 0 Å². The molecule has 1 heterocycles. The molecule has 8 nitrogen and oxygen atoms in total. The average Bonchev–Trinajstić information content (AvgIpc) is 2.86. The van der Waals surface area contributed by atoms with Crippen molar-refractivity contribution >= 4 is 0 Å². The lowest BCUT2D eigenvalue weighted by atomic mass is 9.95. The molecule has 0 bridgehead atoms. The first-order valence-corrected chi connectivity index (χ1v) is 8.54. The Kier molecular flexibility index (Phi) is 4.42. The van der Waals surface area contributed by atoms with Crippen molar-refractivity contribution in [1.29, 1.82) is 0 Å². The first-order valence-electron chi connectivity index (χ1n) is 8.54. The molecule has 0 fully saturated rings. The molecular weight excluding hydrogens is 366 g/mol. The van der Waals surface area contributed by atoms with E-state index in [0.29, 0.717) is 22.3 Å². The van der Waals surface area contributed by atoms with Crippen LogP contribution in [-0.4, -0.2) is 40.6 Å². The zero-order valence-corrected chi connectivity index (χ0v) is 15.5. The molecule has 7 N–H and O–H groups in total. The van der Waals surface area contributed by atoms with Crippen LogP contribution in [0.1, 0.15) is 23.6 Å². The van der Waals surface area contributed by atoms with Gasteiger partial charge in [0.2, 0.25) is 5.75 Å². The van der Waals surface area contributed by atoms with Crippen molar-refractivity contribution in [2.45, 2.75) is 27.2 Å². The lowest BCUT2D eigenvalue weighted by molar-refractivity contribution is 0.194. The molecule has 0 radical (unpaired) electrons. The molecule has 0 saturated carbocycles. The van der Waals surface area contributed by atoms with Crippen molar-refractivity contribution in [1.82, 2.24) is 4.73 Å². The van der Waals surface area contributed by atoms with Crippen LogP contribution in [0.3, 0.4) is 0 Å². The monoisotopic (exact) mass is 387 g/mol. The largest absolute Gasteiger partial charge is 0.507 e. The molecule has 28 heavy (non-hydrogen) atoms. The van der Waals surface area contributed by atoms with Crippen LogP contribution in [0.15, 0.2) is 18.2 Å². The van der Waals surface area contributed by atoms with Crippen LogP contribution in [0.25, 0.3) is 22.5 Å². The minimum atomic E-state index is -0.808. The predicted molar refractivity (Wildman–Crippen MR) is 101 cm³/mol. The Morgan fingerprint density at radius 1 is 0.786 bits per heavy atom. The fraction of sp³-hybridized carbons (Fsp3) is 0.200. The molecule has 1 aromatic heterocycles. The number of hydrogen-bond donors (Lipinski definition) is 7. The van der Waals surface area contributed by atoms with Crippen LogP contribution in [0, 0.1) is 13.8 Å². The second-order valence-electron chi connectivity index (χ2n) is 6.60. The highest BCUT2D eigenvalue weighted by molar-refractivity contribution is 5.89. The Balaban J connectivity index is 2.42. The Hall–Kier alpha value is -3.68. The number of rotatable bonds is 3. The van der Waals surface area contributed by atoms with Gasteiger partial charge in [0.05, 0.1) is 5.56 Å². The predicted octanol–water partition coefficient (Wildman–Crippen LogP) is 3.47. The molecule has 0 spiro atoms. The Morgan fingerprint density at radius 3 is 2.00 bits per heavy atom. The summed E-state index contributed by atoms with van der Waals surface area (Å²) in [7, 11) is 0. The summed E-state index contributed by atoms with van der Waals surface area (Å²) in [5.41, 5.74) is 0.512. The van der Waals surface area contributed by atoms with Gasteiger partial charge in [0.25, 0.3) is 0 Å². The summed E-state index contributed by atoms with van der Waals surface area (Å²) in [4.78, 5) is 0. The van der Waals surface area contributed by atoms with Gasteiger partial charge >= 0.3 is 0 Å². The van der Waals surface area contributed by atoms with E-state index in [4.69, 9.17) is 0 Å². The van der Waals surface area contributed by atoms with Gasteiger partial charge in [-0.2, -0.15) is 4.73 Å². The lowest BCUT2D eigenvalue weighted by Gasteiger charge is -2.16. The van der Waals surface area contributed by atoms with E-state index in [-0.39, 0.29) is 22.6 Å². The molecule has 0 atom stereocenters. The maximum Gasteiger partial charge on any atom is 0.201 e. The van der Waals surface area contributed by atoms with E-state index in [9.17, 15) is 35.8 Å². The third kappa shape index (κ3) is 2.53. The highest BCUT2D eigenvalue weighted by Crippen LogP contribution is 2.54. The first-order chi connectivity index (χ1) is 13.1. The zero-order chi connectivity index (χ0) is 20.9. The summed E-state index contributed by atoms with van der Waals surface area (Å²) in [5, 5.41) is 72.3. The third-order valence-corrected chi connectivity index (χ3v) is 4.89. The van der Waals surface area contributed by atoms with Gasteiger partial charge in [-0.15, -0.1) is 0 Å². The molecule has 3 rings (SSSR count). The van der Waals surface area contributed by atoms with Crippen molar-refractivity contribution in [2.24, 2.45) is 0 Å².